The number of halogens is 1. The monoisotopic (exact) mass is 371 g/mol. The molecule has 7 heteroatoms. The van der Waals surface area contributed by atoms with Crippen molar-refractivity contribution in [3.63, 3.8) is 0 Å². The molecule has 1 aliphatic heterocycles. The van der Waals surface area contributed by atoms with Gasteiger partial charge in [0, 0.05) is 17.1 Å². The third kappa shape index (κ3) is 3.36. The van der Waals surface area contributed by atoms with Crippen LogP contribution in [0.25, 0.3) is 10.6 Å². The zero-order valence-corrected chi connectivity index (χ0v) is 14.7. The van der Waals surface area contributed by atoms with Crippen LogP contribution in [-0.2, 0) is 0 Å². The van der Waals surface area contributed by atoms with Gasteiger partial charge in [0.25, 0.3) is 5.91 Å². The molecule has 126 valence electrons. The number of hydrogen-bond donors (Lipinski definition) is 0. The smallest absolute Gasteiger partial charge is 0.273 e. The number of carbonyl (C=O) groups excluding carboxylic acids is 1. The van der Waals surface area contributed by atoms with Gasteiger partial charge in [0.05, 0.1) is 13.1 Å². The summed E-state index contributed by atoms with van der Waals surface area (Å²) in [5.41, 5.74) is 1.49. The lowest BCUT2D eigenvalue weighted by Gasteiger charge is -2.38. The zero-order valence-electron chi connectivity index (χ0n) is 13.1. The van der Waals surface area contributed by atoms with Crippen LogP contribution in [-0.4, -0.2) is 40.0 Å². The zero-order chi connectivity index (χ0) is 17.2. The standard InChI is InChI=1S/C18H14ClN3O2S/c19-14-7-4-8-20-16(14)24-13-9-22(10-13)18(23)15-11-25-17(21-15)12-5-2-1-3-6-12/h1-8,11,13H,9-10H2. The van der Waals surface area contributed by atoms with Crippen LogP contribution in [0.2, 0.25) is 5.02 Å². The molecule has 2 aromatic heterocycles. The summed E-state index contributed by atoms with van der Waals surface area (Å²) in [5, 5.41) is 3.12. The Balaban J connectivity index is 1.37. The molecule has 0 atom stereocenters. The number of carbonyl (C=O) groups is 1. The van der Waals surface area contributed by atoms with Crippen molar-refractivity contribution < 1.29 is 9.53 Å². The second kappa shape index (κ2) is 6.82. The van der Waals surface area contributed by atoms with E-state index < -0.39 is 0 Å². The van der Waals surface area contributed by atoms with Crippen LogP contribution in [0.3, 0.4) is 0 Å². The summed E-state index contributed by atoms with van der Waals surface area (Å²) in [6.07, 6.45) is 1.53. The number of rotatable bonds is 4. The highest BCUT2D eigenvalue weighted by atomic mass is 35.5. The molecule has 0 N–H and O–H groups in total. The summed E-state index contributed by atoms with van der Waals surface area (Å²) < 4.78 is 5.72. The second-order valence-corrected chi connectivity index (χ2v) is 6.91. The molecule has 0 aliphatic carbocycles. The number of ether oxygens (including phenoxy) is 1. The van der Waals surface area contributed by atoms with Gasteiger partial charge in [0.1, 0.15) is 21.8 Å². The van der Waals surface area contributed by atoms with Crippen molar-refractivity contribution in [2.24, 2.45) is 0 Å². The van der Waals surface area contributed by atoms with E-state index in [4.69, 9.17) is 16.3 Å². The Morgan fingerprint density at radius 1 is 1.20 bits per heavy atom. The van der Waals surface area contributed by atoms with E-state index in [0.717, 1.165) is 10.6 Å². The van der Waals surface area contributed by atoms with Crippen LogP contribution < -0.4 is 4.74 Å². The largest absolute Gasteiger partial charge is 0.470 e. The van der Waals surface area contributed by atoms with E-state index in [2.05, 4.69) is 9.97 Å². The van der Waals surface area contributed by atoms with Gasteiger partial charge in [-0.15, -0.1) is 11.3 Å². The highest BCUT2D eigenvalue weighted by Gasteiger charge is 2.34. The first-order valence-electron chi connectivity index (χ1n) is 7.78. The van der Waals surface area contributed by atoms with E-state index in [-0.39, 0.29) is 12.0 Å². The maximum Gasteiger partial charge on any atom is 0.273 e. The van der Waals surface area contributed by atoms with Gasteiger partial charge in [-0.1, -0.05) is 41.9 Å². The van der Waals surface area contributed by atoms with Crippen molar-refractivity contribution in [3.05, 3.63) is 64.8 Å². The van der Waals surface area contributed by atoms with Gasteiger partial charge in [-0.25, -0.2) is 9.97 Å². The van der Waals surface area contributed by atoms with Crippen molar-refractivity contribution in [1.29, 1.82) is 0 Å². The van der Waals surface area contributed by atoms with E-state index in [1.807, 2.05) is 30.3 Å². The molecular weight excluding hydrogens is 358 g/mol. The van der Waals surface area contributed by atoms with Crippen LogP contribution in [0.5, 0.6) is 5.88 Å². The van der Waals surface area contributed by atoms with Gasteiger partial charge in [0.15, 0.2) is 0 Å². The third-order valence-electron chi connectivity index (χ3n) is 3.88. The van der Waals surface area contributed by atoms with Gasteiger partial charge in [0.2, 0.25) is 5.88 Å². The molecule has 0 saturated carbocycles. The molecule has 1 amide bonds. The van der Waals surface area contributed by atoms with E-state index in [9.17, 15) is 4.79 Å². The Hall–Kier alpha value is -2.44. The lowest BCUT2D eigenvalue weighted by molar-refractivity contribution is 0.0157. The minimum Gasteiger partial charge on any atom is -0.470 e. The first-order chi connectivity index (χ1) is 12.2. The van der Waals surface area contributed by atoms with E-state index >= 15 is 0 Å². The van der Waals surface area contributed by atoms with Gasteiger partial charge in [-0.3, -0.25) is 4.79 Å². The number of amides is 1. The number of pyridine rings is 1. The van der Waals surface area contributed by atoms with Gasteiger partial charge >= 0.3 is 0 Å². The van der Waals surface area contributed by atoms with Gasteiger partial charge < -0.3 is 9.64 Å². The molecule has 1 aliphatic rings. The summed E-state index contributed by atoms with van der Waals surface area (Å²) in [4.78, 5) is 22.8. The fourth-order valence-electron chi connectivity index (χ4n) is 2.54. The number of benzene rings is 1. The van der Waals surface area contributed by atoms with Crippen molar-refractivity contribution in [2.75, 3.05) is 13.1 Å². The summed E-state index contributed by atoms with van der Waals surface area (Å²) >= 11 is 7.50. The molecule has 0 radical (unpaired) electrons. The first-order valence-corrected chi connectivity index (χ1v) is 9.04. The molecule has 0 bridgehead atoms. The van der Waals surface area contributed by atoms with Gasteiger partial charge in [-0.2, -0.15) is 0 Å². The molecule has 1 saturated heterocycles. The first kappa shape index (κ1) is 16.1. The minimum absolute atomic E-state index is 0.0783. The van der Waals surface area contributed by atoms with Crippen LogP contribution >= 0.6 is 22.9 Å². The number of hydrogen-bond acceptors (Lipinski definition) is 5. The fourth-order valence-corrected chi connectivity index (χ4v) is 3.51. The third-order valence-corrected chi connectivity index (χ3v) is 5.06. The molecule has 0 spiro atoms. The van der Waals surface area contributed by atoms with Gasteiger partial charge in [-0.05, 0) is 12.1 Å². The predicted octanol–water partition coefficient (Wildman–Crippen LogP) is 3.76. The number of likely N-dealkylation sites (tertiary alicyclic amines) is 1. The van der Waals surface area contributed by atoms with Crippen molar-refractivity contribution in [3.8, 4) is 16.5 Å². The molecule has 3 heterocycles. The Labute approximate surface area is 153 Å². The molecular formula is C18H14ClN3O2S. The highest BCUT2D eigenvalue weighted by molar-refractivity contribution is 7.13. The quantitative estimate of drug-likeness (QED) is 0.700. The van der Waals surface area contributed by atoms with Crippen molar-refractivity contribution in [2.45, 2.75) is 6.10 Å². The van der Waals surface area contributed by atoms with Crippen molar-refractivity contribution in [1.82, 2.24) is 14.9 Å². The van der Waals surface area contributed by atoms with Crippen LogP contribution in [0.4, 0.5) is 0 Å². The van der Waals surface area contributed by atoms with E-state index in [1.165, 1.54) is 11.3 Å². The maximum atomic E-state index is 12.5. The topological polar surface area (TPSA) is 55.3 Å². The molecule has 25 heavy (non-hydrogen) atoms. The van der Waals surface area contributed by atoms with Crippen LogP contribution in [0, 0.1) is 0 Å². The lowest BCUT2D eigenvalue weighted by Crippen LogP contribution is -2.56. The molecule has 1 aromatic carbocycles. The average molecular weight is 372 g/mol. The molecule has 1 fully saturated rings. The highest BCUT2D eigenvalue weighted by Crippen LogP contribution is 2.27. The Bertz CT molecular complexity index is 894. The summed E-state index contributed by atoms with van der Waals surface area (Å²) in [7, 11) is 0. The molecule has 3 aromatic rings. The lowest BCUT2D eigenvalue weighted by atomic mass is 10.1. The van der Waals surface area contributed by atoms with E-state index in [1.54, 1.807) is 28.6 Å². The molecule has 5 nitrogen and oxygen atoms in total. The number of thiazole rings is 1. The van der Waals surface area contributed by atoms with E-state index in [0.29, 0.717) is 29.7 Å². The van der Waals surface area contributed by atoms with Crippen LogP contribution in [0.15, 0.2) is 54.0 Å². The Morgan fingerprint density at radius 2 is 2.00 bits per heavy atom. The maximum absolute atomic E-state index is 12.5. The predicted molar refractivity (Wildman–Crippen MR) is 97.1 cm³/mol. The molecule has 4 rings (SSSR count). The minimum atomic E-state index is -0.0939. The average Bonchev–Trinajstić information content (AvgIpc) is 3.09. The van der Waals surface area contributed by atoms with Crippen LogP contribution in [0.1, 0.15) is 10.5 Å². The molecule has 0 unspecified atom stereocenters. The SMILES string of the molecule is O=C(c1csc(-c2ccccc2)n1)N1CC(Oc2ncccc2Cl)C1. The number of nitrogens with zero attached hydrogens (tertiary/aromatic N) is 3. The Morgan fingerprint density at radius 3 is 2.76 bits per heavy atom. The second-order valence-electron chi connectivity index (χ2n) is 5.64. The summed E-state index contributed by atoms with van der Waals surface area (Å²) in [6.45, 7) is 1.01. The number of aromatic nitrogens is 2. The van der Waals surface area contributed by atoms with Crippen molar-refractivity contribution >= 4 is 28.8 Å². The normalized spacial score (nSPS) is 14.2. The summed E-state index contributed by atoms with van der Waals surface area (Å²) in [6, 6.07) is 13.3. The summed E-state index contributed by atoms with van der Waals surface area (Å²) in [5.74, 6) is 0.326. The Kier molecular flexibility index (Phi) is 4.38. The fraction of sp³-hybridized carbons (Fsp3) is 0.167.